The van der Waals surface area contributed by atoms with E-state index in [1.54, 1.807) is 6.08 Å². The van der Waals surface area contributed by atoms with E-state index in [1.807, 2.05) is 27.7 Å². The summed E-state index contributed by atoms with van der Waals surface area (Å²) in [4.78, 5) is 4.37. The fraction of sp³-hybridized carbons (Fsp3) is 0.364. The van der Waals surface area contributed by atoms with E-state index in [2.05, 4.69) is 18.2 Å². The van der Waals surface area contributed by atoms with Crippen molar-refractivity contribution >= 4 is 5.71 Å². The molecule has 0 saturated carbocycles. The van der Waals surface area contributed by atoms with Gasteiger partial charge in [-0.2, -0.15) is 0 Å². The number of allylic oxidation sites excluding steroid dienone is 3. The molecule has 66 valence electrons. The van der Waals surface area contributed by atoms with Gasteiger partial charge >= 0.3 is 0 Å². The highest BCUT2D eigenvalue weighted by atomic mass is 14.8. The van der Waals surface area contributed by atoms with Gasteiger partial charge < -0.3 is 0 Å². The number of rotatable bonds is 3. The molecule has 0 amide bonds. The summed E-state index contributed by atoms with van der Waals surface area (Å²) < 4.78 is 0. The predicted molar refractivity (Wildman–Crippen MR) is 56.5 cm³/mol. The predicted octanol–water partition coefficient (Wildman–Crippen LogP) is 3.50. The molecule has 0 aliphatic carbocycles. The van der Waals surface area contributed by atoms with Crippen molar-refractivity contribution in [3.05, 3.63) is 36.1 Å². The molecule has 0 aromatic carbocycles. The fourth-order valence-corrected chi connectivity index (χ4v) is 0.856. The number of hydrogen-bond donors (Lipinski definition) is 0. The maximum absolute atomic E-state index is 4.37. The smallest absolute Gasteiger partial charge is 0.0642 e. The van der Waals surface area contributed by atoms with Gasteiger partial charge in [0.2, 0.25) is 0 Å². The molecule has 0 spiro atoms. The molecule has 0 aromatic heterocycles. The zero-order valence-corrected chi connectivity index (χ0v) is 8.44. The minimum absolute atomic E-state index is 0.925. The second-order valence-corrected chi connectivity index (χ2v) is 3.09. The summed E-state index contributed by atoms with van der Waals surface area (Å²) in [5, 5.41) is 0. The third-order valence-corrected chi connectivity index (χ3v) is 1.46. The van der Waals surface area contributed by atoms with Gasteiger partial charge in [-0.25, -0.2) is 0 Å². The Bertz CT molecular complexity index is 250. The van der Waals surface area contributed by atoms with E-state index in [9.17, 15) is 0 Å². The average Bonchev–Trinajstić information content (AvgIpc) is 1.98. The van der Waals surface area contributed by atoms with Gasteiger partial charge in [-0.15, -0.1) is 0 Å². The van der Waals surface area contributed by atoms with E-state index in [4.69, 9.17) is 0 Å². The largest absolute Gasteiger partial charge is 0.254 e. The Balaban J connectivity index is 4.94. The van der Waals surface area contributed by atoms with Crippen LogP contribution in [0.2, 0.25) is 0 Å². The lowest BCUT2D eigenvalue weighted by Gasteiger charge is -2.03. The van der Waals surface area contributed by atoms with E-state index >= 15 is 0 Å². The van der Waals surface area contributed by atoms with Crippen molar-refractivity contribution < 1.29 is 0 Å². The van der Waals surface area contributed by atoms with Crippen molar-refractivity contribution in [1.29, 1.82) is 0 Å². The van der Waals surface area contributed by atoms with Crippen LogP contribution >= 0.6 is 0 Å². The molecular weight excluding hydrogens is 146 g/mol. The summed E-state index contributed by atoms with van der Waals surface area (Å²) in [6.45, 7) is 15.5. The zero-order valence-electron chi connectivity index (χ0n) is 8.44. The van der Waals surface area contributed by atoms with E-state index in [0.29, 0.717) is 0 Å². The number of aliphatic imine (C=N–C) groups is 1. The van der Waals surface area contributed by atoms with Gasteiger partial charge in [-0.05, 0) is 39.3 Å². The highest BCUT2D eigenvalue weighted by Crippen LogP contribution is 2.14. The topological polar surface area (TPSA) is 12.4 Å². The van der Waals surface area contributed by atoms with Crippen molar-refractivity contribution in [3.8, 4) is 0 Å². The summed E-state index contributed by atoms with van der Waals surface area (Å²) in [5.41, 5.74) is 4.08. The summed E-state index contributed by atoms with van der Waals surface area (Å²) in [6, 6.07) is 0. The lowest BCUT2D eigenvalue weighted by atomic mass is 10.1. The van der Waals surface area contributed by atoms with E-state index in [0.717, 1.165) is 17.0 Å². The van der Waals surface area contributed by atoms with Crippen molar-refractivity contribution in [2.45, 2.75) is 27.7 Å². The molecule has 0 unspecified atom stereocenters. The maximum atomic E-state index is 4.37. The Kier molecular flexibility index (Phi) is 4.27. The fourth-order valence-electron chi connectivity index (χ4n) is 0.856. The van der Waals surface area contributed by atoms with Gasteiger partial charge in [-0.3, -0.25) is 4.99 Å². The Morgan fingerprint density at radius 2 is 1.67 bits per heavy atom. The van der Waals surface area contributed by atoms with Crippen LogP contribution in [0.4, 0.5) is 0 Å². The Hall–Kier alpha value is -1.11. The molecule has 0 aliphatic heterocycles. The first kappa shape index (κ1) is 10.9. The van der Waals surface area contributed by atoms with Crippen LogP contribution in [-0.2, 0) is 0 Å². The normalized spacial score (nSPS) is 10.8. The van der Waals surface area contributed by atoms with Gasteiger partial charge in [0.1, 0.15) is 0 Å². The van der Waals surface area contributed by atoms with Gasteiger partial charge in [0.15, 0.2) is 0 Å². The minimum Gasteiger partial charge on any atom is -0.254 e. The highest BCUT2D eigenvalue weighted by Gasteiger charge is 1.97. The molecule has 0 fully saturated rings. The van der Waals surface area contributed by atoms with Crippen LogP contribution in [-0.4, -0.2) is 5.71 Å². The van der Waals surface area contributed by atoms with Gasteiger partial charge in [-0.1, -0.05) is 18.7 Å². The monoisotopic (exact) mass is 163 g/mol. The molecule has 12 heavy (non-hydrogen) atoms. The molecule has 0 saturated heterocycles. The molecule has 0 radical (unpaired) electrons. The van der Waals surface area contributed by atoms with Crippen LogP contribution in [0.15, 0.2) is 41.1 Å². The zero-order chi connectivity index (χ0) is 9.72. The SMILES string of the molecule is C=C/C(C)=N/C(C(=C)C)=C(C)C. The standard InChI is InChI=1S/C11H17N/c1-7-10(6)12-11(8(2)3)9(4)5/h7H,1-2H2,3-6H3/b12-10+. The first-order chi connectivity index (χ1) is 5.49. The summed E-state index contributed by atoms with van der Waals surface area (Å²) >= 11 is 0. The lowest BCUT2D eigenvalue weighted by molar-refractivity contribution is 1.19. The van der Waals surface area contributed by atoms with Crippen LogP contribution in [0.1, 0.15) is 27.7 Å². The quantitative estimate of drug-likeness (QED) is 0.446. The molecule has 0 heterocycles. The third-order valence-electron chi connectivity index (χ3n) is 1.46. The van der Waals surface area contributed by atoms with Crippen LogP contribution < -0.4 is 0 Å². The van der Waals surface area contributed by atoms with Crippen molar-refractivity contribution in [2.24, 2.45) is 4.99 Å². The van der Waals surface area contributed by atoms with Crippen LogP contribution in [0.5, 0.6) is 0 Å². The van der Waals surface area contributed by atoms with E-state index < -0.39 is 0 Å². The van der Waals surface area contributed by atoms with E-state index in [-0.39, 0.29) is 0 Å². The van der Waals surface area contributed by atoms with Gasteiger partial charge in [0.05, 0.1) is 5.70 Å². The van der Waals surface area contributed by atoms with Gasteiger partial charge in [0, 0.05) is 5.71 Å². The molecule has 0 N–H and O–H groups in total. The summed E-state index contributed by atoms with van der Waals surface area (Å²) in [7, 11) is 0. The molecule has 1 heteroatoms. The Morgan fingerprint density at radius 1 is 1.17 bits per heavy atom. The van der Waals surface area contributed by atoms with Crippen molar-refractivity contribution in [2.75, 3.05) is 0 Å². The minimum atomic E-state index is 0.925. The van der Waals surface area contributed by atoms with Crippen LogP contribution in [0.25, 0.3) is 0 Å². The van der Waals surface area contributed by atoms with Gasteiger partial charge in [0.25, 0.3) is 0 Å². The first-order valence-corrected chi connectivity index (χ1v) is 4.00. The molecular formula is C11H17N. The lowest BCUT2D eigenvalue weighted by Crippen LogP contribution is -1.90. The second-order valence-electron chi connectivity index (χ2n) is 3.09. The Labute approximate surface area is 75.2 Å². The summed E-state index contributed by atoms with van der Waals surface area (Å²) in [5.74, 6) is 0. The summed E-state index contributed by atoms with van der Waals surface area (Å²) in [6.07, 6.45) is 1.74. The maximum Gasteiger partial charge on any atom is 0.0642 e. The first-order valence-electron chi connectivity index (χ1n) is 4.00. The average molecular weight is 163 g/mol. The molecule has 0 bridgehead atoms. The number of nitrogens with zero attached hydrogens (tertiary/aromatic N) is 1. The molecule has 1 nitrogen and oxygen atoms in total. The van der Waals surface area contributed by atoms with Crippen LogP contribution in [0, 0.1) is 0 Å². The van der Waals surface area contributed by atoms with Crippen molar-refractivity contribution in [1.82, 2.24) is 0 Å². The number of hydrogen-bond acceptors (Lipinski definition) is 1. The second kappa shape index (κ2) is 4.70. The molecule has 0 aliphatic rings. The molecule has 0 atom stereocenters. The van der Waals surface area contributed by atoms with Crippen LogP contribution in [0.3, 0.4) is 0 Å². The highest BCUT2D eigenvalue weighted by molar-refractivity contribution is 5.93. The molecule has 0 aromatic rings. The van der Waals surface area contributed by atoms with Crippen molar-refractivity contribution in [3.63, 3.8) is 0 Å². The Morgan fingerprint density at radius 3 is 1.92 bits per heavy atom. The van der Waals surface area contributed by atoms with E-state index in [1.165, 1.54) is 5.57 Å². The third kappa shape index (κ3) is 3.33. The molecule has 0 rings (SSSR count).